The van der Waals surface area contributed by atoms with Crippen LogP contribution in [0.25, 0.3) is 0 Å². The Hall–Kier alpha value is -3.99. The number of benzene rings is 2. The third-order valence-electron chi connectivity index (χ3n) is 3.52. The number of methoxy groups -OCH3 is 2. The first kappa shape index (κ1) is 19.3. The van der Waals surface area contributed by atoms with Crippen LogP contribution in [0.4, 0.5) is 11.4 Å². The van der Waals surface area contributed by atoms with E-state index in [1.807, 2.05) is 6.07 Å². The van der Waals surface area contributed by atoms with E-state index in [9.17, 15) is 14.9 Å². The number of amides is 1. The van der Waals surface area contributed by atoms with Gasteiger partial charge in [-0.05, 0) is 36.4 Å². The molecule has 27 heavy (non-hydrogen) atoms. The van der Waals surface area contributed by atoms with Gasteiger partial charge in [-0.25, -0.2) is 4.79 Å². The molecule has 0 radical (unpaired) electrons. The summed E-state index contributed by atoms with van der Waals surface area (Å²) in [5, 5.41) is 23.5. The highest BCUT2D eigenvalue weighted by Gasteiger charge is 2.11. The van der Waals surface area contributed by atoms with Crippen LogP contribution in [0.5, 0.6) is 11.5 Å². The molecule has 8 nitrogen and oxygen atoms in total. The van der Waals surface area contributed by atoms with Gasteiger partial charge >= 0.3 is 5.97 Å². The Kier molecular flexibility index (Phi) is 6.39. The maximum Gasteiger partial charge on any atom is 0.335 e. The Labute approximate surface area is 155 Å². The molecule has 0 aliphatic rings. The fourth-order valence-electron chi connectivity index (χ4n) is 2.13. The first-order chi connectivity index (χ1) is 13.0. The zero-order chi connectivity index (χ0) is 19.8. The number of nitrogens with zero attached hydrogens (tertiary/aromatic N) is 1. The smallest absolute Gasteiger partial charge is 0.335 e. The molecule has 3 N–H and O–H groups in total. The number of carboxylic acids is 1. The molecule has 0 heterocycles. The molecule has 2 rings (SSSR count). The van der Waals surface area contributed by atoms with Crippen LogP contribution in [0.3, 0.4) is 0 Å². The minimum Gasteiger partial charge on any atom is -0.493 e. The van der Waals surface area contributed by atoms with Gasteiger partial charge in [-0.2, -0.15) is 5.26 Å². The summed E-state index contributed by atoms with van der Waals surface area (Å²) in [6, 6.07) is 12.5. The summed E-state index contributed by atoms with van der Waals surface area (Å²) in [6.07, 6.45) is 1.24. The number of carbonyl (C=O) groups is 2. The van der Waals surface area contributed by atoms with Crippen LogP contribution in [0.2, 0.25) is 0 Å². The molecule has 0 saturated carbocycles. The first-order valence-corrected chi connectivity index (χ1v) is 7.72. The molecule has 0 aromatic heterocycles. The van der Waals surface area contributed by atoms with Crippen molar-refractivity contribution in [3.63, 3.8) is 0 Å². The zero-order valence-corrected chi connectivity index (χ0v) is 14.6. The normalized spacial score (nSPS) is 10.5. The molecule has 0 bridgehead atoms. The molecule has 0 atom stereocenters. The minimum absolute atomic E-state index is 0.135. The summed E-state index contributed by atoms with van der Waals surface area (Å²) in [4.78, 5) is 23.1. The summed E-state index contributed by atoms with van der Waals surface area (Å²) in [5.41, 5.74) is 0.944. The van der Waals surface area contributed by atoms with Crippen LogP contribution in [-0.4, -0.2) is 31.2 Å². The number of rotatable bonds is 7. The highest BCUT2D eigenvalue weighted by Crippen LogP contribution is 2.29. The molecule has 0 aliphatic heterocycles. The van der Waals surface area contributed by atoms with Crippen LogP contribution in [0.1, 0.15) is 10.4 Å². The number of carboxylic acid groups (broad SMARTS) is 1. The first-order valence-electron chi connectivity index (χ1n) is 7.72. The maximum absolute atomic E-state index is 12.3. The molecule has 2 aromatic rings. The fraction of sp³-hybridized carbons (Fsp3) is 0.105. The third-order valence-corrected chi connectivity index (χ3v) is 3.52. The van der Waals surface area contributed by atoms with Crippen molar-refractivity contribution in [1.82, 2.24) is 0 Å². The Balaban J connectivity index is 2.10. The summed E-state index contributed by atoms with van der Waals surface area (Å²) < 4.78 is 10.3. The zero-order valence-electron chi connectivity index (χ0n) is 14.6. The van der Waals surface area contributed by atoms with E-state index in [0.717, 1.165) is 0 Å². The van der Waals surface area contributed by atoms with Gasteiger partial charge in [-0.15, -0.1) is 0 Å². The average Bonchev–Trinajstić information content (AvgIpc) is 2.68. The van der Waals surface area contributed by atoms with Gasteiger partial charge in [0, 0.05) is 23.6 Å². The molecule has 0 unspecified atom stereocenters. The van der Waals surface area contributed by atoms with Crippen molar-refractivity contribution in [2.45, 2.75) is 0 Å². The van der Waals surface area contributed by atoms with Gasteiger partial charge in [-0.3, -0.25) is 4.79 Å². The Morgan fingerprint density at radius 2 is 1.67 bits per heavy atom. The molecule has 0 fully saturated rings. The van der Waals surface area contributed by atoms with Crippen molar-refractivity contribution in [1.29, 1.82) is 5.26 Å². The molecular formula is C19H17N3O5. The number of aromatic carboxylic acids is 1. The lowest BCUT2D eigenvalue weighted by atomic mass is 10.2. The highest BCUT2D eigenvalue weighted by molar-refractivity contribution is 6.06. The molecule has 2 aromatic carbocycles. The third kappa shape index (κ3) is 4.99. The van der Waals surface area contributed by atoms with Gasteiger partial charge in [-0.1, -0.05) is 0 Å². The van der Waals surface area contributed by atoms with E-state index in [2.05, 4.69) is 10.6 Å². The van der Waals surface area contributed by atoms with E-state index in [1.165, 1.54) is 44.7 Å². The van der Waals surface area contributed by atoms with Crippen molar-refractivity contribution < 1.29 is 24.2 Å². The molecule has 138 valence electrons. The van der Waals surface area contributed by atoms with Gasteiger partial charge in [0.1, 0.15) is 11.6 Å². The van der Waals surface area contributed by atoms with E-state index < -0.39 is 11.9 Å². The SMILES string of the molecule is COc1ccc(NC(=O)/C(C#N)=C\Nc2ccc(C(=O)O)cc2)cc1OC. The van der Waals surface area contributed by atoms with Crippen LogP contribution < -0.4 is 20.1 Å². The van der Waals surface area contributed by atoms with E-state index in [-0.39, 0.29) is 11.1 Å². The summed E-state index contributed by atoms with van der Waals surface area (Å²) in [6.45, 7) is 0. The lowest BCUT2D eigenvalue weighted by molar-refractivity contribution is -0.112. The van der Waals surface area contributed by atoms with Crippen LogP contribution >= 0.6 is 0 Å². The molecule has 0 aliphatic carbocycles. The van der Waals surface area contributed by atoms with Gasteiger partial charge in [0.15, 0.2) is 11.5 Å². The quantitative estimate of drug-likeness (QED) is 0.508. The Morgan fingerprint density at radius 3 is 2.22 bits per heavy atom. The van der Waals surface area contributed by atoms with Crippen LogP contribution in [-0.2, 0) is 4.79 Å². The standard InChI is InChI=1S/C19H17N3O5/c1-26-16-8-7-15(9-17(16)27-2)22-18(23)13(10-20)11-21-14-5-3-12(4-6-14)19(24)25/h3-9,11,21H,1-2H3,(H,22,23)(H,24,25)/b13-11-. The topological polar surface area (TPSA) is 121 Å². The second-order valence-corrected chi connectivity index (χ2v) is 5.22. The number of hydrogen-bond donors (Lipinski definition) is 3. The maximum atomic E-state index is 12.3. The minimum atomic E-state index is -1.04. The average molecular weight is 367 g/mol. The Bertz CT molecular complexity index is 914. The monoisotopic (exact) mass is 367 g/mol. The molecule has 1 amide bonds. The number of nitrogens with one attached hydrogen (secondary N) is 2. The lowest BCUT2D eigenvalue weighted by Gasteiger charge is -2.10. The van der Waals surface area contributed by atoms with Crippen molar-refractivity contribution in [3.05, 3.63) is 59.8 Å². The summed E-state index contributed by atoms with van der Waals surface area (Å²) in [7, 11) is 2.98. The predicted molar refractivity (Wildman–Crippen MR) is 98.9 cm³/mol. The van der Waals surface area contributed by atoms with Crippen molar-refractivity contribution in [2.24, 2.45) is 0 Å². The second kappa shape index (κ2) is 8.92. The van der Waals surface area contributed by atoms with E-state index >= 15 is 0 Å². The number of nitriles is 1. The second-order valence-electron chi connectivity index (χ2n) is 5.22. The number of carbonyl (C=O) groups excluding carboxylic acids is 1. The number of anilines is 2. The van der Waals surface area contributed by atoms with Gasteiger partial charge in [0.2, 0.25) is 0 Å². The van der Waals surface area contributed by atoms with Gasteiger partial charge in [0.25, 0.3) is 5.91 Å². The van der Waals surface area contributed by atoms with Crippen molar-refractivity contribution >= 4 is 23.3 Å². The molecule has 0 saturated heterocycles. The van der Waals surface area contributed by atoms with E-state index in [0.29, 0.717) is 22.9 Å². The Morgan fingerprint density at radius 1 is 1.04 bits per heavy atom. The molecular weight excluding hydrogens is 350 g/mol. The largest absolute Gasteiger partial charge is 0.493 e. The van der Waals surface area contributed by atoms with E-state index in [1.54, 1.807) is 18.2 Å². The molecule has 0 spiro atoms. The molecule has 8 heteroatoms. The summed E-state index contributed by atoms with van der Waals surface area (Å²) >= 11 is 0. The summed E-state index contributed by atoms with van der Waals surface area (Å²) in [5.74, 6) is -0.698. The van der Waals surface area contributed by atoms with Gasteiger partial charge in [0.05, 0.1) is 19.8 Å². The number of ether oxygens (including phenoxy) is 2. The predicted octanol–water partition coefficient (Wildman–Crippen LogP) is 2.86. The van der Waals surface area contributed by atoms with Gasteiger partial charge < -0.3 is 25.2 Å². The lowest BCUT2D eigenvalue weighted by Crippen LogP contribution is -2.14. The fourth-order valence-corrected chi connectivity index (χ4v) is 2.13. The highest BCUT2D eigenvalue weighted by atomic mass is 16.5. The van der Waals surface area contributed by atoms with Crippen molar-refractivity contribution in [3.8, 4) is 17.6 Å². The van der Waals surface area contributed by atoms with Crippen molar-refractivity contribution in [2.75, 3.05) is 24.9 Å². The van der Waals surface area contributed by atoms with Crippen LogP contribution in [0, 0.1) is 11.3 Å². The number of hydrogen-bond acceptors (Lipinski definition) is 6. The van der Waals surface area contributed by atoms with Crippen LogP contribution in [0.15, 0.2) is 54.2 Å². The van der Waals surface area contributed by atoms with E-state index in [4.69, 9.17) is 14.6 Å².